The molecule has 0 saturated carbocycles. The van der Waals surface area contributed by atoms with Gasteiger partial charge in [0, 0.05) is 31.6 Å². The second-order valence-corrected chi connectivity index (χ2v) is 4.06. The number of hydrogen-bond donors (Lipinski definition) is 3. The summed E-state index contributed by atoms with van der Waals surface area (Å²) in [5.74, 6) is -0.200. The zero-order chi connectivity index (χ0) is 14.1. The number of nitrogens with one attached hydrogen (secondary N) is 1. The van der Waals surface area contributed by atoms with Crippen LogP contribution in [0.15, 0.2) is 18.2 Å². The molecule has 5 N–H and O–H groups in total. The number of methoxy groups -OCH3 is 1. The maximum atomic E-state index is 11.8. The van der Waals surface area contributed by atoms with Gasteiger partial charge in [-0.3, -0.25) is 4.79 Å². The number of nitrogens with two attached hydrogens (primary N) is 2. The van der Waals surface area contributed by atoms with Crippen molar-refractivity contribution in [2.24, 2.45) is 0 Å². The number of carbonyl (C=O) groups is 1. The Morgan fingerprint density at radius 2 is 2.05 bits per heavy atom. The van der Waals surface area contributed by atoms with Gasteiger partial charge in [-0.2, -0.15) is 0 Å². The van der Waals surface area contributed by atoms with Crippen LogP contribution in [-0.4, -0.2) is 39.4 Å². The first-order valence-corrected chi connectivity index (χ1v) is 6.15. The average Bonchev–Trinajstić information content (AvgIpc) is 2.37. The molecule has 0 unspecified atom stereocenters. The lowest BCUT2D eigenvalue weighted by atomic mass is 10.1. The van der Waals surface area contributed by atoms with E-state index in [0.717, 1.165) is 6.42 Å². The van der Waals surface area contributed by atoms with Crippen molar-refractivity contribution in [2.45, 2.75) is 6.42 Å². The minimum atomic E-state index is -0.200. The normalized spacial score (nSPS) is 10.4. The minimum absolute atomic E-state index is 0.200. The molecule has 0 atom stereocenters. The highest BCUT2D eigenvalue weighted by Gasteiger charge is 2.08. The molecule has 6 heteroatoms. The number of rotatable bonds is 8. The molecule has 0 bridgehead atoms. The molecule has 0 fully saturated rings. The zero-order valence-electron chi connectivity index (χ0n) is 11.1. The van der Waals surface area contributed by atoms with Gasteiger partial charge in [-0.25, -0.2) is 0 Å². The predicted octanol–water partition coefficient (Wildman–Crippen LogP) is 0.634. The molecule has 1 amide bonds. The van der Waals surface area contributed by atoms with Crippen molar-refractivity contribution < 1.29 is 14.3 Å². The van der Waals surface area contributed by atoms with Crippen LogP contribution in [0.4, 0.5) is 11.4 Å². The number of anilines is 2. The lowest BCUT2D eigenvalue weighted by Gasteiger charge is -2.08. The van der Waals surface area contributed by atoms with Crippen LogP contribution in [0, 0.1) is 0 Å². The molecule has 1 aromatic rings. The average molecular weight is 267 g/mol. The van der Waals surface area contributed by atoms with E-state index in [1.54, 1.807) is 25.3 Å². The van der Waals surface area contributed by atoms with Crippen molar-refractivity contribution in [1.82, 2.24) is 5.32 Å². The summed E-state index contributed by atoms with van der Waals surface area (Å²) in [5, 5.41) is 2.78. The molecule has 0 aliphatic rings. The third-order valence-electron chi connectivity index (χ3n) is 2.50. The first-order valence-electron chi connectivity index (χ1n) is 6.15. The summed E-state index contributed by atoms with van der Waals surface area (Å²) in [7, 11) is 1.63. The fourth-order valence-corrected chi connectivity index (χ4v) is 1.50. The molecule has 106 valence electrons. The van der Waals surface area contributed by atoms with Crippen LogP contribution in [0.1, 0.15) is 16.8 Å². The Morgan fingerprint density at radius 1 is 1.26 bits per heavy atom. The highest BCUT2D eigenvalue weighted by Crippen LogP contribution is 2.15. The van der Waals surface area contributed by atoms with Gasteiger partial charge in [-0.05, 0) is 24.6 Å². The standard InChI is InChI=1S/C13H21N3O3/c1-18-7-8-19-6-2-5-16-13(17)11-4-3-10(14)9-12(11)15/h3-4,9H,2,5-8,14-15H2,1H3,(H,16,17). The summed E-state index contributed by atoms with van der Waals surface area (Å²) >= 11 is 0. The molecule has 0 aliphatic heterocycles. The van der Waals surface area contributed by atoms with Gasteiger partial charge >= 0.3 is 0 Å². The van der Waals surface area contributed by atoms with Crippen molar-refractivity contribution in [2.75, 3.05) is 44.9 Å². The molecular formula is C13H21N3O3. The fraction of sp³-hybridized carbons (Fsp3) is 0.462. The Morgan fingerprint density at radius 3 is 2.74 bits per heavy atom. The molecule has 0 aromatic heterocycles. The number of hydrogen-bond acceptors (Lipinski definition) is 5. The maximum Gasteiger partial charge on any atom is 0.253 e. The van der Waals surface area contributed by atoms with E-state index in [2.05, 4.69) is 5.32 Å². The molecule has 0 saturated heterocycles. The second kappa shape index (κ2) is 8.34. The van der Waals surface area contributed by atoms with Gasteiger partial charge in [-0.1, -0.05) is 0 Å². The van der Waals surface area contributed by atoms with Crippen LogP contribution in [0.3, 0.4) is 0 Å². The zero-order valence-corrected chi connectivity index (χ0v) is 11.1. The van der Waals surface area contributed by atoms with Gasteiger partial charge in [0.05, 0.1) is 18.8 Å². The molecule has 0 spiro atoms. The van der Waals surface area contributed by atoms with Gasteiger partial charge in [0.2, 0.25) is 0 Å². The summed E-state index contributed by atoms with van der Waals surface area (Å²) < 4.78 is 10.1. The Labute approximate surface area is 113 Å². The van der Waals surface area contributed by atoms with E-state index in [4.69, 9.17) is 20.9 Å². The number of benzene rings is 1. The van der Waals surface area contributed by atoms with E-state index in [1.165, 1.54) is 0 Å². The fourth-order valence-electron chi connectivity index (χ4n) is 1.50. The smallest absolute Gasteiger partial charge is 0.253 e. The van der Waals surface area contributed by atoms with Gasteiger partial charge in [-0.15, -0.1) is 0 Å². The lowest BCUT2D eigenvalue weighted by Crippen LogP contribution is -2.26. The SMILES string of the molecule is COCCOCCCNC(=O)c1ccc(N)cc1N. The van der Waals surface area contributed by atoms with Crippen LogP contribution in [0.25, 0.3) is 0 Å². The van der Waals surface area contributed by atoms with Gasteiger partial charge in [0.15, 0.2) is 0 Å². The monoisotopic (exact) mass is 267 g/mol. The van der Waals surface area contributed by atoms with Crippen molar-refractivity contribution in [3.8, 4) is 0 Å². The van der Waals surface area contributed by atoms with E-state index < -0.39 is 0 Å². The van der Waals surface area contributed by atoms with Gasteiger partial charge in [0.1, 0.15) is 0 Å². The Kier molecular flexibility index (Phi) is 6.70. The topological polar surface area (TPSA) is 99.6 Å². The summed E-state index contributed by atoms with van der Waals surface area (Å²) in [5.41, 5.74) is 12.7. The van der Waals surface area contributed by atoms with Crippen molar-refractivity contribution in [3.05, 3.63) is 23.8 Å². The summed E-state index contributed by atoms with van der Waals surface area (Å²) in [6.45, 7) is 2.26. The van der Waals surface area contributed by atoms with Crippen LogP contribution in [0.5, 0.6) is 0 Å². The lowest BCUT2D eigenvalue weighted by molar-refractivity contribution is 0.0688. The third-order valence-corrected chi connectivity index (χ3v) is 2.50. The highest BCUT2D eigenvalue weighted by atomic mass is 16.5. The Balaban J connectivity index is 2.24. The predicted molar refractivity (Wildman–Crippen MR) is 74.9 cm³/mol. The van der Waals surface area contributed by atoms with E-state index in [-0.39, 0.29) is 5.91 Å². The largest absolute Gasteiger partial charge is 0.399 e. The van der Waals surface area contributed by atoms with Crippen LogP contribution in [-0.2, 0) is 9.47 Å². The van der Waals surface area contributed by atoms with Crippen LogP contribution in [0.2, 0.25) is 0 Å². The molecule has 6 nitrogen and oxygen atoms in total. The van der Waals surface area contributed by atoms with Gasteiger partial charge < -0.3 is 26.3 Å². The molecular weight excluding hydrogens is 246 g/mol. The molecule has 0 aliphatic carbocycles. The van der Waals surface area contributed by atoms with E-state index in [9.17, 15) is 4.79 Å². The Bertz CT molecular complexity index is 410. The summed E-state index contributed by atoms with van der Waals surface area (Å²) in [6, 6.07) is 4.84. The first-order chi connectivity index (χ1) is 9.15. The third kappa shape index (κ3) is 5.58. The summed E-state index contributed by atoms with van der Waals surface area (Å²) in [6.07, 6.45) is 0.740. The maximum absolute atomic E-state index is 11.8. The highest BCUT2D eigenvalue weighted by molar-refractivity contribution is 5.99. The number of amides is 1. The van der Waals surface area contributed by atoms with E-state index in [0.29, 0.717) is 43.3 Å². The quantitative estimate of drug-likeness (QED) is 0.474. The molecule has 0 heterocycles. The van der Waals surface area contributed by atoms with Crippen molar-refractivity contribution in [3.63, 3.8) is 0 Å². The van der Waals surface area contributed by atoms with Crippen LogP contribution < -0.4 is 16.8 Å². The van der Waals surface area contributed by atoms with Crippen molar-refractivity contribution in [1.29, 1.82) is 0 Å². The molecule has 19 heavy (non-hydrogen) atoms. The first kappa shape index (κ1) is 15.3. The molecule has 1 aromatic carbocycles. The second-order valence-electron chi connectivity index (χ2n) is 4.06. The van der Waals surface area contributed by atoms with E-state index in [1.807, 2.05) is 0 Å². The molecule has 0 radical (unpaired) electrons. The summed E-state index contributed by atoms with van der Waals surface area (Å²) in [4.78, 5) is 11.8. The van der Waals surface area contributed by atoms with E-state index >= 15 is 0 Å². The Hall–Kier alpha value is -1.79. The van der Waals surface area contributed by atoms with Crippen LogP contribution >= 0.6 is 0 Å². The number of carbonyl (C=O) groups excluding carboxylic acids is 1. The minimum Gasteiger partial charge on any atom is -0.399 e. The number of ether oxygens (including phenoxy) is 2. The molecule has 1 rings (SSSR count). The number of nitrogen functional groups attached to an aromatic ring is 2. The van der Waals surface area contributed by atoms with Crippen molar-refractivity contribution >= 4 is 17.3 Å². The van der Waals surface area contributed by atoms with Gasteiger partial charge in [0.25, 0.3) is 5.91 Å².